The summed E-state index contributed by atoms with van der Waals surface area (Å²) in [6.07, 6.45) is 4.82. The second kappa shape index (κ2) is 10.4. The fraction of sp³-hybridized carbons (Fsp3) is 0.480. The molecule has 158 valence electrons. The number of hydrogen-bond donors (Lipinski definition) is 0. The molecule has 1 unspecified atom stereocenters. The van der Waals surface area contributed by atoms with Gasteiger partial charge in [0.15, 0.2) is 5.78 Å². The van der Waals surface area contributed by atoms with Crippen molar-refractivity contribution in [2.75, 3.05) is 40.2 Å². The molecule has 4 nitrogen and oxygen atoms in total. The fourth-order valence-electron chi connectivity index (χ4n) is 3.80. The Morgan fingerprint density at radius 1 is 0.931 bits per heavy atom. The molecule has 2 aromatic carbocycles. The lowest BCUT2D eigenvalue weighted by Crippen LogP contribution is -2.53. The number of rotatable bonds is 11. The van der Waals surface area contributed by atoms with Gasteiger partial charge in [0, 0.05) is 25.3 Å². The number of ketones is 1. The maximum Gasteiger partial charge on any atom is 0.183 e. The highest BCUT2D eigenvalue weighted by Crippen LogP contribution is 2.31. The van der Waals surface area contributed by atoms with Crippen molar-refractivity contribution < 1.29 is 9.53 Å². The van der Waals surface area contributed by atoms with Crippen molar-refractivity contribution >= 4 is 11.5 Å². The molecule has 0 N–H and O–H groups in total. The third kappa shape index (κ3) is 5.60. The van der Waals surface area contributed by atoms with Crippen molar-refractivity contribution in [2.24, 2.45) is 0 Å². The van der Waals surface area contributed by atoms with Crippen LogP contribution in [-0.4, -0.2) is 51.5 Å². The number of methoxy groups -OCH3 is 1. The van der Waals surface area contributed by atoms with Crippen LogP contribution in [0.2, 0.25) is 0 Å². The van der Waals surface area contributed by atoms with Crippen molar-refractivity contribution in [2.45, 2.75) is 44.6 Å². The van der Waals surface area contributed by atoms with Gasteiger partial charge in [0.25, 0.3) is 0 Å². The van der Waals surface area contributed by atoms with Crippen LogP contribution in [0, 0.1) is 0 Å². The molecular formula is C25H36N2O2. The van der Waals surface area contributed by atoms with Crippen LogP contribution in [0.3, 0.4) is 0 Å². The monoisotopic (exact) mass is 396 g/mol. The molecule has 0 heterocycles. The number of hydrogen-bond acceptors (Lipinski definition) is 4. The average molecular weight is 397 g/mol. The topological polar surface area (TPSA) is 32.8 Å². The van der Waals surface area contributed by atoms with Gasteiger partial charge in [-0.3, -0.25) is 9.69 Å². The van der Waals surface area contributed by atoms with Gasteiger partial charge in [-0.15, -0.1) is 0 Å². The van der Waals surface area contributed by atoms with Crippen LogP contribution in [0.25, 0.3) is 0 Å². The molecule has 0 aliphatic heterocycles. The van der Waals surface area contributed by atoms with Gasteiger partial charge in [0.2, 0.25) is 0 Å². The Morgan fingerprint density at radius 2 is 1.55 bits per heavy atom. The van der Waals surface area contributed by atoms with Gasteiger partial charge in [-0.1, -0.05) is 38.3 Å². The molecule has 2 rings (SSSR count). The number of unbranched alkanes of at least 4 members (excludes halogenated alkanes) is 2. The number of likely N-dealkylation sites (N-methyl/N-ethyl adjacent to an activating group) is 1. The Balaban J connectivity index is 2.40. The smallest absolute Gasteiger partial charge is 0.183 e. The first-order valence-electron chi connectivity index (χ1n) is 10.5. The highest BCUT2D eigenvalue weighted by molar-refractivity contribution is 6.03. The minimum absolute atomic E-state index is 0.194. The van der Waals surface area contributed by atoms with E-state index in [2.05, 4.69) is 24.0 Å². The summed E-state index contributed by atoms with van der Waals surface area (Å²) in [4.78, 5) is 18.0. The SMILES string of the molecule is CCCCCC(Cc1ccc(OC)cc1)(C(=O)c1ccc(N(C)C)cc1)N(C)C. The molecule has 0 aromatic heterocycles. The first-order valence-corrected chi connectivity index (χ1v) is 10.5. The van der Waals surface area contributed by atoms with E-state index in [-0.39, 0.29) is 5.78 Å². The van der Waals surface area contributed by atoms with Crippen LogP contribution >= 0.6 is 0 Å². The molecule has 0 amide bonds. The Morgan fingerprint density at radius 3 is 2.03 bits per heavy atom. The van der Waals surface area contributed by atoms with Gasteiger partial charge in [0.1, 0.15) is 5.75 Å². The fourth-order valence-corrected chi connectivity index (χ4v) is 3.80. The molecule has 2 aromatic rings. The van der Waals surface area contributed by atoms with Gasteiger partial charge in [0.05, 0.1) is 12.6 Å². The van der Waals surface area contributed by atoms with E-state index in [0.717, 1.165) is 48.2 Å². The predicted octanol–water partition coefficient (Wildman–Crippen LogP) is 5.07. The zero-order valence-corrected chi connectivity index (χ0v) is 18.9. The number of nitrogens with zero attached hydrogens (tertiary/aromatic N) is 2. The van der Waals surface area contributed by atoms with Gasteiger partial charge in [-0.2, -0.15) is 0 Å². The highest BCUT2D eigenvalue weighted by Gasteiger charge is 2.40. The summed E-state index contributed by atoms with van der Waals surface area (Å²) in [5.74, 6) is 1.03. The maximum atomic E-state index is 13.8. The lowest BCUT2D eigenvalue weighted by molar-refractivity contribution is 0.0646. The third-order valence-corrected chi connectivity index (χ3v) is 5.77. The molecule has 0 radical (unpaired) electrons. The lowest BCUT2D eigenvalue weighted by Gasteiger charge is -2.39. The van der Waals surface area contributed by atoms with E-state index in [1.165, 1.54) is 0 Å². The molecular weight excluding hydrogens is 360 g/mol. The van der Waals surface area contributed by atoms with E-state index in [0.29, 0.717) is 6.42 Å². The summed E-state index contributed by atoms with van der Waals surface area (Å²) < 4.78 is 5.29. The lowest BCUT2D eigenvalue weighted by atomic mass is 9.78. The Hall–Kier alpha value is -2.33. The van der Waals surface area contributed by atoms with E-state index < -0.39 is 5.54 Å². The number of anilines is 1. The standard InChI is InChI=1S/C25H36N2O2/c1-7-8-9-18-25(27(4)5,19-20-10-16-23(29-6)17-11-20)24(28)21-12-14-22(15-13-21)26(2)3/h10-17H,7-9,18-19H2,1-6H3. The van der Waals surface area contributed by atoms with Crippen molar-refractivity contribution in [3.05, 3.63) is 59.7 Å². The molecule has 0 saturated heterocycles. The minimum atomic E-state index is -0.566. The predicted molar refractivity (Wildman–Crippen MR) is 122 cm³/mol. The molecule has 0 aliphatic rings. The van der Waals surface area contributed by atoms with Crippen molar-refractivity contribution in [3.63, 3.8) is 0 Å². The van der Waals surface area contributed by atoms with Crippen molar-refractivity contribution in [1.29, 1.82) is 0 Å². The van der Waals surface area contributed by atoms with Crippen molar-refractivity contribution in [1.82, 2.24) is 4.90 Å². The Bertz CT molecular complexity index is 766. The van der Waals surface area contributed by atoms with Crippen LogP contribution in [0.4, 0.5) is 5.69 Å². The number of carbonyl (C=O) groups excluding carboxylic acids is 1. The normalized spacial score (nSPS) is 13.2. The van der Waals surface area contributed by atoms with Gasteiger partial charge in [-0.25, -0.2) is 0 Å². The highest BCUT2D eigenvalue weighted by atomic mass is 16.5. The number of Topliss-reactive ketones (excluding diaryl/α,β-unsaturated/α-hetero) is 1. The number of carbonyl (C=O) groups is 1. The molecule has 0 fully saturated rings. The zero-order chi connectivity index (χ0) is 21.4. The van der Waals surface area contributed by atoms with E-state index in [4.69, 9.17) is 4.74 Å². The summed E-state index contributed by atoms with van der Waals surface area (Å²) in [5, 5.41) is 0. The third-order valence-electron chi connectivity index (χ3n) is 5.77. The quantitative estimate of drug-likeness (QED) is 0.392. The summed E-state index contributed by atoms with van der Waals surface area (Å²) in [6, 6.07) is 16.0. The van der Waals surface area contributed by atoms with Gasteiger partial charge in [-0.05, 0) is 68.9 Å². The first-order chi connectivity index (χ1) is 13.8. The van der Waals surface area contributed by atoms with E-state index >= 15 is 0 Å². The van der Waals surface area contributed by atoms with E-state index in [1.807, 2.05) is 69.5 Å². The van der Waals surface area contributed by atoms with Crippen LogP contribution < -0.4 is 9.64 Å². The van der Waals surface area contributed by atoms with Gasteiger partial charge < -0.3 is 9.64 Å². The van der Waals surface area contributed by atoms with Gasteiger partial charge >= 0.3 is 0 Å². The van der Waals surface area contributed by atoms with Crippen molar-refractivity contribution in [3.8, 4) is 5.75 Å². The van der Waals surface area contributed by atoms with E-state index in [9.17, 15) is 4.79 Å². The summed E-state index contributed by atoms with van der Waals surface area (Å²) in [5.41, 5.74) is 2.45. The summed E-state index contributed by atoms with van der Waals surface area (Å²) >= 11 is 0. The molecule has 0 bridgehead atoms. The van der Waals surface area contributed by atoms with Crippen LogP contribution in [0.5, 0.6) is 5.75 Å². The van der Waals surface area contributed by atoms with Crippen LogP contribution in [-0.2, 0) is 6.42 Å². The van der Waals surface area contributed by atoms with Crippen LogP contribution in [0.15, 0.2) is 48.5 Å². The van der Waals surface area contributed by atoms with Crippen LogP contribution in [0.1, 0.15) is 48.5 Å². The molecule has 0 saturated carbocycles. The second-order valence-corrected chi connectivity index (χ2v) is 8.18. The molecule has 1 atom stereocenters. The Labute approximate surface area is 176 Å². The Kier molecular flexibility index (Phi) is 8.27. The first kappa shape index (κ1) is 23.0. The summed E-state index contributed by atoms with van der Waals surface area (Å²) in [6.45, 7) is 2.20. The molecule has 0 spiro atoms. The maximum absolute atomic E-state index is 13.8. The molecule has 4 heteroatoms. The molecule has 29 heavy (non-hydrogen) atoms. The zero-order valence-electron chi connectivity index (χ0n) is 18.9. The summed E-state index contributed by atoms with van der Waals surface area (Å²) in [7, 11) is 9.75. The second-order valence-electron chi connectivity index (χ2n) is 8.18. The van der Waals surface area contributed by atoms with E-state index in [1.54, 1.807) is 7.11 Å². The molecule has 0 aliphatic carbocycles. The minimum Gasteiger partial charge on any atom is -0.497 e. The largest absolute Gasteiger partial charge is 0.497 e. The number of benzene rings is 2. The average Bonchev–Trinajstić information content (AvgIpc) is 2.73. The number of ether oxygens (including phenoxy) is 1.